The Labute approximate surface area is 138 Å². The number of piperidine rings is 1. The van der Waals surface area contributed by atoms with Crippen molar-refractivity contribution >= 4 is 18.3 Å². The van der Waals surface area contributed by atoms with Gasteiger partial charge in [0, 0.05) is 19.5 Å². The molecule has 0 aliphatic carbocycles. The van der Waals surface area contributed by atoms with Crippen molar-refractivity contribution in [3.05, 3.63) is 29.3 Å². The summed E-state index contributed by atoms with van der Waals surface area (Å²) < 4.78 is 0. The van der Waals surface area contributed by atoms with Crippen molar-refractivity contribution in [2.24, 2.45) is 5.92 Å². The van der Waals surface area contributed by atoms with E-state index in [0.29, 0.717) is 18.9 Å². The van der Waals surface area contributed by atoms with Gasteiger partial charge < -0.3 is 15.3 Å². The second-order valence-corrected chi connectivity index (χ2v) is 6.25. The lowest BCUT2D eigenvalue weighted by molar-refractivity contribution is -0.132. The number of benzene rings is 1. The molecule has 22 heavy (non-hydrogen) atoms. The van der Waals surface area contributed by atoms with Crippen molar-refractivity contribution in [2.75, 3.05) is 19.6 Å². The number of aromatic hydroxyl groups is 1. The molecule has 4 nitrogen and oxygen atoms in total. The Morgan fingerprint density at radius 1 is 1.27 bits per heavy atom. The van der Waals surface area contributed by atoms with E-state index in [-0.39, 0.29) is 24.1 Å². The number of phenols is 1. The summed E-state index contributed by atoms with van der Waals surface area (Å²) in [6.45, 7) is 3.64. The Morgan fingerprint density at radius 3 is 2.82 bits per heavy atom. The summed E-state index contributed by atoms with van der Waals surface area (Å²) >= 11 is 0. The minimum absolute atomic E-state index is 0. The first-order valence-electron chi connectivity index (χ1n) is 8.01. The molecular weight excluding hydrogens is 300 g/mol. The van der Waals surface area contributed by atoms with Gasteiger partial charge in [-0.1, -0.05) is 6.07 Å². The molecular formula is C17H25ClN2O2. The van der Waals surface area contributed by atoms with Crippen molar-refractivity contribution in [3.63, 3.8) is 0 Å². The predicted octanol–water partition coefficient (Wildman–Crippen LogP) is 2.48. The topological polar surface area (TPSA) is 52.6 Å². The van der Waals surface area contributed by atoms with Gasteiger partial charge in [-0.2, -0.15) is 0 Å². The fourth-order valence-electron chi connectivity index (χ4n) is 3.41. The van der Waals surface area contributed by atoms with E-state index in [1.807, 2.05) is 11.0 Å². The summed E-state index contributed by atoms with van der Waals surface area (Å²) in [7, 11) is 0. The quantitative estimate of drug-likeness (QED) is 0.898. The number of nitrogens with zero attached hydrogens (tertiary/aromatic N) is 1. The normalized spacial score (nSPS) is 18.5. The monoisotopic (exact) mass is 324 g/mol. The maximum Gasteiger partial charge on any atom is 0.222 e. The van der Waals surface area contributed by atoms with Crippen LogP contribution in [0.25, 0.3) is 0 Å². The zero-order valence-corrected chi connectivity index (χ0v) is 13.7. The number of amides is 1. The molecule has 5 heteroatoms. The predicted molar refractivity (Wildman–Crippen MR) is 89.3 cm³/mol. The molecule has 0 bridgehead atoms. The van der Waals surface area contributed by atoms with Crippen LogP contribution in [0.4, 0.5) is 0 Å². The van der Waals surface area contributed by atoms with Crippen LogP contribution < -0.4 is 5.32 Å². The van der Waals surface area contributed by atoms with Gasteiger partial charge in [-0.05, 0) is 68.0 Å². The van der Waals surface area contributed by atoms with Gasteiger partial charge in [-0.15, -0.1) is 12.4 Å². The molecule has 2 heterocycles. The molecule has 2 aliphatic heterocycles. The van der Waals surface area contributed by atoms with Gasteiger partial charge in [0.25, 0.3) is 0 Å². The van der Waals surface area contributed by atoms with Gasteiger partial charge >= 0.3 is 0 Å². The molecule has 3 rings (SSSR count). The molecule has 2 aliphatic rings. The minimum atomic E-state index is 0. The second-order valence-electron chi connectivity index (χ2n) is 6.25. The lowest BCUT2D eigenvalue weighted by atomic mass is 9.92. The molecule has 0 atom stereocenters. The zero-order valence-electron chi connectivity index (χ0n) is 12.9. The molecule has 1 fully saturated rings. The first-order chi connectivity index (χ1) is 10.2. The van der Waals surface area contributed by atoms with Crippen LogP contribution in [0.1, 0.15) is 36.8 Å². The third-order valence-electron chi connectivity index (χ3n) is 4.78. The van der Waals surface area contributed by atoms with E-state index in [2.05, 4.69) is 5.32 Å². The summed E-state index contributed by atoms with van der Waals surface area (Å²) in [5.74, 6) is 1.26. The molecule has 1 amide bonds. The summed E-state index contributed by atoms with van der Waals surface area (Å²) in [4.78, 5) is 14.3. The SMILES string of the molecule is Cl.O=C(CCC1CCNCC1)N1CCc2ccc(O)cc2C1. The number of phenolic OH excluding ortho intramolecular Hbond substituents is 1. The standard InChI is InChI=1S/C17H24N2O2.ClH/c20-16-3-2-14-7-10-19(12-15(14)11-16)17(21)4-1-13-5-8-18-9-6-13;/h2-3,11,13,18,20H,1,4-10,12H2;1H. The third kappa shape index (κ3) is 4.14. The van der Waals surface area contributed by atoms with Crippen LogP contribution in [0.2, 0.25) is 0 Å². The maximum atomic E-state index is 12.4. The highest BCUT2D eigenvalue weighted by atomic mass is 35.5. The number of rotatable bonds is 3. The first-order valence-corrected chi connectivity index (χ1v) is 8.01. The fourth-order valence-corrected chi connectivity index (χ4v) is 3.41. The summed E-state index contributed by atoms with van der Waals surface area (Å²) in [5.41, 5.74) is 2.35. The summed E-state index contributed by atoms with van der Waals surface area (Å²) in [5, 5.41) is 12.9. The van der Waals surface area contributed by atoms with E-state index in [9.17, 15) is 9.90 Å². The Kier molecular flexibility index (Phi) is 6.09. The number of carbonyl (C=O) groups excluding carboxylic acids is 1. The van der Waals surface area contributed by atoms with E-state index >= 15 is 0 Å². The molecule has 0 aromatic heterocycles. The molecule has 1 aromatic rings. The summed E-state index contributed by atoms with van der Waals surface area (Å²) in [6.07, 6.45) is 4.98. The fraction of sp³-hybridized carbons (Fsp3) is 0.588. The van der Waals surface area contributed by atoms with Crippen LogP contribution in [0.15, 0.2) is 18.2 Å². The average Bonchev–Trinajstić information content (AvgIpc) is 2.53. The van der Waals surface area contributed by atoms with E-state index in [4.69, 9.17) is 0 Å². The number of fused-ring (bicyclic) bond motifs is 1. The van der Waals surface area contributed by atoms with Gasteiger partial charge in [0.1, 0.15) is 5.75 Å². The largest absolute Gasteiger partial charge is 0.508 e. The molecule has 0 unspecified atom stereocenters. The van der Waals surface area contributed by atoms with Crippen LogP contribution in [-0.4, -0.2) is 35.5 Å². The van der Waals surface area contributed by atoms with Crippen LogP contribution in [0.5, 0.6) is 5.75 Å². The van der Waals surface area contributed by atoms with Crippen molar-refractivity contribution in [2.45, 2.75) is 38.6 Å². The Balaban J connectivity index is 0.00000176. The maximum absolute atomic E-state index is 12.4. The molecule has 1 aromatic carbocycles. The number of hydrogen-bond acceptors (Lipinski definition) is 3. The van der Waals surface area contributed by atoms with Gasteiger partial charge in [-0.3, -0.25) is 4.79 Å². The molecule has 2 N–H and O–H groups in total. The molecule has 1 saturated heterocycles. The Hall–Kier alpha value is -1.26. The molecule has 0 saturated carbocycles. The van der Waals surface area contributed by atoms with Gasteiger partial charge in [0.05, 0.1) is 0 Å². The number of carbonyl (C=O) groups is 1. The van der Waals surface area contributed by atoms with E-state index in [0.717, 1.165) is 38.0 Å². The lowest BCUT2D eigenvalue weighted by Crippen LogP contribution is -2.36. The average molecular weight is 325 g/mol. The van der Waals surface area contributed by atoms with E-state index in [1.54, 1.807) is 12.1 Å². The van der Waals surface area contributed by atoms with Crippen molar-refractivity contribution in [3.8, 4) is 5.75 Å². The molecule has 122 valence electrons. The van der Waals surface area contributed by atoms with Crippen molar-refractivity contribution in [1.82, 2.24) is 10.2 Å². The smallest absolute Gasteiger partial charge is 0.222 e. The van der Waals surface area contributed by atoms with E-state index in [1.165, 1.54) is 18.4 Å². The van der Waals surface area contributed by atoms with Crippen LogP contribution >= 0.6 is 12.4 Å². The highest BCUT2D eigenvalue weighted by Gasteiger charge is 2.22. The minimum Gasteiger partial charge on any atom is -0.508 e. The molecule has 0 spiro atoms. The summed E-state index contributed by atoms with van der Waals surface area (Å²) in [6, 6.07) is 5.50. The van der Waals surface area contributed by atoms with Crippen LogP contribution in [-0.2, 0) is 17.8 Å². The van der Waals surface area contributed by atoms with Gasteiger partial charge in [-0.25, -0.2) is 0 Å². The Bertz CT molecular complexity index is 515. The number of nitrogens with one attached hydrogen (secondary N) is 1. The number of hydrogen-bond donors (Lipinski definition) is 2. The number of halogens is 1. The lowest BCUT2D eigenvalue weighted by Gasteiger charge is -2.30. The first kappa shape index (κ1) is 17.1. The van der Waals surface area contributed by atoms with Crippen molar-refractivity contribution < 1.29 is 9.90 Å². The Morgan fingerprint density at radius 2 is 2.05 bits per heavy atom. The van der Waals surface area contributed by atoms with Crippen LogP contribution in [0, 0.1) is 5.92 Å². The third-order valence-corrected chi connectivity index (χ3v) is 4.78. The zero-order chi connectivity index (χ0) is 14.7. The highest BCUT2D eigenvalue weighted by Crippen LogP contribution is 2.24. The molecule has 0 radical (unpaired) electrons. The van der Waals surface area contributed by atoms with E-state index < -0.39 is 0 Å². The second kappa shape index (κ2) is 7.84. The van der Waals surface area contributed by atoms with Crippen molar-refractivity contribution in [1.29, 1.82) is 0 Å². The highest BCUT2D eigenvalue weighted by molar-refractivity contribution is 5.85. The van der Waals surface area contributed by atoms with Gasteiger partial charge in [0.15, 0.2) is 0 Å². The van der Waals surface area contributed by atoms with Gasteiger partial charge in [0.2, 0.25) is 5.91 Å². The van der Waals surface area contributed by atoms with Crippen LogP contribution in [0.3, 0.4) is 0 Å².